The van der Waals surface area contributed by atoms with Crippen molar-refractivity contribution in [3.05, 3.63) is 132 Å². The van der Waals surface area contributed by atoms with Crippen LogP contribution in [-0.4, -0.2) is 11.5 Å². The molecule has 0 aliphatic rings. The van der Waals surface area contributed by atoms with Crippen molar-refractivity contribution < 1.29 is 4.39 Å². The maximum absolute atomic E-state index is 13.8. The summed E-state index contributed by atoms with van der Waals surface area (Å²) in [6.45, 7) is 25.3. The Hall–Kier alpha value is -2.84. The molecule has 0 N–H and O–H groups in total. The minimum absolute atomic E-state index is 0.681. The van der Waals surface area contributed by atoms with Crippen LogP contribution in [0.3, 0.4) is 0 Å². The lowest BCUT2D eigenvalue weighted by atomic mass is 9.90. The van der Waals surface area contributed by atoms with Gasteiger partial charge >= 0.3 is 0 Å². The highest BCUT2D eigenvalue weighted by Crippen LogP contribution is 2.29. The predicted octanol–water partition coefficient (Wildman–Crippen LogP) is 12.6. The molecule has 0 radical (unpaired) electrons. The summed E-state index contributed by atoms with van der Waals surface area (Å²) >= 11 is 3.83. The highest BCUT2D eigenvalue weighted by Gasteiger charge is 2.23. The number of allylic oxidation sites excluding steroid dienone is 14. The van der Waals surface area contributed by atoms with Crippen LogP contribution in [0.4, 0.5) is 4.39 Å². The largest absolute Gasteiger partial charge is 0.239 e. The first kappa shape index (κ1) is 41.6. The van der Waals surface area contributed by atoms with Crippen molar-refractivity contribution in [2.45, 2.75) is 93.7 Å². The van der Waals surface area contributed by atoms with Gasteiger partial charge in [0.15, 0.2) is 0 Å². The van der Waals surface area contributed by atoms with Gasteiger partial charge in [-0.3, -0.25) is 0 Å². The number of aryl methyl sites for hydroxylation is 1. The molecule has 0 saturated carbocycles. The van der Waals surface area contributed by atoms with Crippen molar-refractivity contribution in [1.29, 1.82) is 0 Å². The first-order chi connectivity index (χ1) is 19.0. The zero-order valence-corrected chi connectivity index (χ0v) is 27.8. The Balaban J connectivity index is -0.000000552. The molecule has 2 heteroatoms. The number of thiocarbonyl (C=S) groups is 1. The summed E-state index contributed by atoms with van der Waals surface area (Å²) in [5.74, 6) is 3.51. The number of benzene rings is 1. The van der Waals surface area contributed by atoms with Crippen LogP contribution in [0.5, 0.6) is 0 Å². The summed E-state index contributed by atoms with van der Waals surface area (Å²) in [5, 5.41) is 0. The van der Waals surface area contributed by atoms with E-state index in [1.807, 2.05) is 75.5 Å². The second-order valence-corrected chi connectivity index (χ2v) is 10.1. The fraction of sp³-hybridized carbons (Fsp3) is 0.395. The van der Waals surface area contributed by atoms with Crippen LogP contribution >= 0.6 is 12.2 Å². The molecule has 1 unspecified atom stereocenters. The van der Waals surface area contributed by atoms with Gasteiger partial charge in [-0.1, -0.05) is 148 Å². The van der Waals surface area contributed by atoms with Gasteiger partial charge < -0.3 is 0 Å². The SMILES string of the molecule is C/C=C\C=C\C.C=C(CCC)/C(=C\C=C/C)C(C)(C)F.C=C/C=C(C)\C=C/CC(C)Cc1ccc(C)cc1.C=S. The van der Waals surface area contributed by atoms with E-state index in [9.17, 15) is 4.39 Å². The highest BCUT2D eigenvalue weighted by atomic mass is 32.1. The Morgan fingerprint density at radius 3 is 1.93 bits per heavy atom. The van der Waals surface area contributed by atoms with E-state index in [4.69, 9.17) is 0 Å². The molecule has 0 spiro atoms. The molecule has 1 atom stereocenters. The van der Waals surface area contributed by atoms with E-state index in [1.54, 1.807) is 13.8 Å². The van der Waals surface area contributed by atoms with Crippen LogP contribution in [-0.2, 0) is 6.42 Å². The Morgan fingerprint density at radius 2 is 1.50 bits per heavy atom. The van der Waals surface area contributed by atoms with Gasteiger partial charge in [-0.2, -0.15) is 0 Å². The van der Waals surface area contributed by atoms with Gasteiger partial charge in [0, 0.05) is 0 Å². The zero-order chi connectivity index (χ0) is 31.4. The molecule has 40 heavy (non-hydrogen) atoms. The van der Waals surface area contributed by atoms with Crippen molar-refractivity contribution in [2.75, 3.05) is 0 Å². The molecule has 0 heterocycles. The van der Waals surface area contributed by atoms with Crippen molar-refractivity contribution in [3.8, 4) is 0 Å². The van der Waals surface area contributed by atoms with Crippen LogP contribution < -0.4 is 0 Å². The van der Waals surface area contributed by atoms with E-state index in [0.717, 1.165) is 31.3 Å². The smallest absolute Gasteiger partial charge is 0.130 e. The number of hydrogen-bond donors (Lipinski definition) is 0. The van der Waals surface area contributed by atoms with Crippen molar-refractivity contribution in [2.24, 2.45) is 5.92 Å². The van der Waals surface area contributed by atoms with Gasteiger partial charge in [0.05, 0.1) is 0 Å². The maximum atomic E-state index is 13.8. The fourth-order valence-electron chi connectivity index (χ4n) is 3.53. The van der Waals surface area contributed by atoms with E-state index < -0.39 is 5.67 Å². The molecule has 1 rings (SSSR count). The van der Waals surface area contributed by atoms with Gasteiger partial charge in [-0.25, -0.2) is 4.39 Å². The quantitative estimate of drug-likeness (QED) is 0.180. The summed E-state index contributed by atoms with van der Waals surface area (Å²) < 4.78 is 13.8. The topological polar surface area (TPSA) is 0 Å². The van der Waals surface area contributed by atoms with Gasteiger partial charge in [0.1, 0.15) is 5.67 Å². The Kier molecular flexibility index (Phi) is 28.9. The Bertz CT molecular complexity index is 950. The first-order valence-electron chi connectivity index (χ1n) is 14.2. The molecule has 222 valence electrons. The number of rotatable bonds is 12. The minimum Gasteiger partial charge on any atom is -0.239 e. The minimum atomic E-state index is -1.30. The molecule has 0 saturated heterocycles. The summed E-state index contributed by atoms with van der Waals surface area (Å²) in [6, 6.07) is 8.85. The lowest BCUT2D eigenvalue weighted by Crippen LogP contribution is -2.17. The number of alkyl halides is 1. The third kappa shape index (κ3) is 25.4. The van der Waals surface area contributed by atoms with E-state index in [0.29, 0.717) is 11.5 Å². The molecule has 1 aromatic carbocycles. The summed E-state index contributed by atoms with van der Waals surface area (Å²) in [7, 11) is 0. The molecule has 0 amide bonds. The molecule has 0 nitrogen and oxygen atoms in total. The molecule has 0 fully saturated rings. The van der Waals surface area contributed by atoms with Crippen LogP contribution in [0, 0.1) is 12.8 Å². The van der Waals surface area contributed by atoms with Gasteiger partial charge in [-0.15, -0.1) is 0 Å². The highest BCUT2D eigenvalue weighted by molar-refractivity contribution is 7.77. The van der Waals surface area contributed by atoms with Crippen molar-refractivity contribution in [1.82, 2.24) is 0 Å². The van der Waals surface area contributed by atoms with E-state index in [-0.39, 0.29) is 0 Å². The third-order valence-electron chi connectivity index (χ3n) is 5.53. The third-order valence-corrected chi connectivity index (χ3v) is 5.53. The average Bonchev–Trinajstić information content (AvgIpc) is 2.90. The van der Waals surface area contributed by atoms with Gasteiger partial charge in [0.2, 0.25) is 0 Å². The molecule has 0 aromatic heterocycles. The number of hydrogen-bond acceptors (Lipinski definition) is 1. The van der Waals surface area contributed by atoms with E-state index in [1.165, 1.54) is 16.7 Å². The number of halogens is 1. The normalized spacial score (nSPS) is 12.8. The second kappa shape index (κ2) is 27.7. The van der Waals surface area contributed by atoms with Crippen LogP contribution in [0.25, 0.3) is 0 Å². The van der Waals surface area contributed by atoms with Crippen LogP contribution in [0.1, 0.15) is 85.8 Å². The first-order valence-corrected chi connectivity index (χ1v) is 14.8. The van der Waals surface area contributed by atoms with Crippen LogP contribution in [0.15, 0.2) is 121 Å². The molecule has 0 aliphatic heterocycles. The van der Waals surface area contributed by atoms with Gasteiger partial charge in [0.25, 0.3) is 0 Å². The standard InChI is InChI=1S/C18H24.C13H21F.C6H10.CH2S/c1-5-7-15(2)8-6-9-17(4)14-18-12-10-16(3)11-13-18;1-6-8-10-12(13(4,5)14)11(3)9-7-2;1-3-5-6-4-2;1-2/h5-8,10-13,17H,1,9,14H2,2-4H3;6,8,10H,3,7,9H2,1-2,4-5H3;3-6H,1-2H3;1H2/b8-6-,15-7-;8-6-,12-10+;5-3-,6-4+;. The lowest BCUT2D eigenvalue weighted by molar-refractivity contribution is 0.270. The lowest BCUT2D eigenvalue weighted by Gasteiger charge is -2.20. The summed E-state index contributed by atoms with van der Waals surface area (Å²) in [6.07, 6.45) is 26.0. The molecular weight excluding hydrogens is 507 g/mol. The average molecular weight is 565 g/mol. The monoisotopic (exact) mass is 564 g/mol. The molecule has 1 aromatic rings. The summed E-state index contributed by atoms with van der Waals surface area (Å²) in [4.78, 5) is 0. The second-order valence-electron chi connectivity index (χ2n) is 10.1. The van der Waals surface area contributed by atoms with Crippen molar-refractivity contribution in [3.63, 3.8) is 0 Å². The zero-order valence-electron chi connectivity index (χ0n) is 27.0. The van der Waals surface area contributed by atoms with Gasteiger partial charge in [-0.05, 0) is 96.2 Å². The Labute approximate surface area is 253 Å². The molecule has 0 bridgehead atoms. The fourth-order valence-corrected chi connectivity index (χ4v) is 3.53. The Morgan fingerprint density at radius 1 is 0.975 bits per heavy atom. The molecule has 0 aliphatic carbocycles. The van der Waals surface area contributed by atoms with E-state index >= 15 is 0 Å². The maximum Gasteiger partial charge on any atom is 0.130 e. The molecular formula is C38H57FS. The van der Waals surface area contributed by atoms with Crippen molar-refractivity contribution >= 4 is 18.1 Å². The van der Waals surface area contributed by atoms with E-state index in [2.05, 4.69) is 95.4 Å². The predicted molar refractivity (Wildman–Crippen MR) is 188 cm³/mol. The van der Waals surface area contributed by atoms with Crippen LogP contribution in [0.2, 0.25) is 0 Å². The summed E-state index contributed by atoms with van der Waals surface area (Å²) in [5.41, 5.74) is 4.32.